The van der Waals surface area contributed by atoms with Crippen LogP contribution in [0.25, 0.3) is 0 Å². The summed E-state index contributed by atoms with van der Waals surface area (Å²) in [6.07, 6.45) is 6.15. The van der Waals surface area contributed by atoms with Gasteiger partial charge in [0.15, 0.2) is 0 Å². The average Bonchev–Trinajstić information content (AvgIpc) is 2.74. The van der Waals surface area contributed by atoms with Gasteiger partial charge in [-0.3, -0.25) is 9.59 Å². The number of thioether (sulfide) groups is 1. The third-order valence-electron chi connectivity index (χ3n) is 4.98. The van der Waals surface area contributed by atoms with Gasteiger partial charge in [-0.15, -0.1) is 11.8 Å². The van der Waals surface area contributed by atoms with Gasteiger partial charge in [0.2, 0.25) is 5.91 Å². The molecule has 0 radical (unpaired) electrons. The van der Waals surface area contributed by atoms with Gasteiger partial charge < -0.3 is 10.6 Å². The lowest BCUT2D eigenvalue weighted by Gasteiger charge is -2.21. The maximum Gasteiger partial charge on any atom is 0.256 e. The largest absolute Gasteiger partial charge is 0.355 e. The lowest BCUT2D eigenvalue weighted by Crippen LogP contribution is -2.31. The number of hydrogen-bond acceptors (Lipinski definition) is 3. The summed E-state index contributed by atoms with van der Waals surface area (Å²) in [6, 6.07) is 11.2. The first kappa shape index (κ1) is 21.7. The minimum absolute atomic E-state index is 0.00167. The first-order valence-corrected chi connectivity index (χ1v) is 11.1. The minimum atomic E-state index is -0.596. The average molecular weight is 435 g/mol. The van der Waals surface area contributed by atoms with E-state index in [2.05, 4.69) is 10.6 Å². The highest BCUT2D eigenvalue weighted by molar-refractivity contribution is 8.00. The SMILES string of the molecule is O=C(CSc1ccccc1C(=O)Nc1ccc(Cl)c(F)c1)NCC1CCCCC1. The van der Waals surface area contributed by atoms with Gasteiger partial charge in [0, 0.05) is 17.1 Å². The van der Waals surface area contributed by atoms with Crippen molar-refractivity contribution in [2.45, 2.75) is 37.0 Å². The Bertz CT molecular complexity index is 872. The quantitative estimate of drug-likeness (QED) is 0.564. The molecule has 4 nitrogen and oxygen atoms in total. The summed E-state index contributed by atoms with van der Waals surface area (Å²) in [5.41, 5.74) is 0.759. The molecule has 2 amide bonds. The van der Waals surface area contributed by atoms with E-state index in [0.717, 1.165) is 6.54 Å². The van der Waals surface area contributed by atoms with Crippen LogP contribution in [0.15, 0.2) is 47.4 Å². The fourth-order valence-corrected chi connectivity index (χ4v) is 4.39. The van der Waals surface area contributed by atoms with E-state index in [1.54, 1.807) is 18.2 Å². The van der Waals surface area contributed by atoms with Crippen molar-refractivity contribution in [3.05, 3.63) is 58.9 Å². The van der Waals surface area contributed by atoms with Crippen molar-refractivity contribution in [1.29, 1.82) is 0 Å². The van der Waals surface area contributed by atoms with Crippen LogP contribution in [-0.2, 0) is 4.79 Å². The Hall–Kier alpha value is -2.05. The van der Waals surface area contributed by atoms with E-state index < -0.39 is 5.82 Å². The number of rotatable bonds is 7. The van der Waals surface area contributed by atoms with Gasteiger partial charge in [-0.1, -0.05) is 43.0 Å². The van der Waals surface area contributed by atoms with E-state index in [9.17, 15) is 14.0 Å². The standard InChI is InChI=1S/C22H24ClFN2O2S/c23-18-11-10-16(12-19(18)24)26-22(28)17-8-4-5-9-20(17)29-14-21(27)25-13-15-6-2-1-3-7-15/h4-5,8-12,15H,1-3,6-7,13-14H2,(H,25,27)(H,26,28). The fraction of sp³-hybridized carbons (Fsp3) is 0.364. The normalized spacial score (nSPS) is 14.4. The summed E-state index contributed by atoms with van der Waals surface area (Å²) in [5.74, 6) is -0.169. The summed E-state index contributed by atoms with van der Waals surface area (Å²) < 4.78 is 13.6. The fourth-order valence-electron chi connectivity index (χ4n) is 3.40. The predicted octanol–water partition coefficient (Wildman–Crippen LogP) is 5.52. The summed E-state index contributed by atoms with van der Waals surface area (Å²) >= 11 is 6.99. The number of carbonyl (C=O) groups is 2. The molecule has 0 atom stereocenters. The van der Waals surface area contributed by atoms with E-state index in [1.165, 1.54) is 62.1 Å². The van der Waals surface area contributed by atoms with Crippen LogP contribution in [0.1, 0.15) is 42.5 Å². The second kappa shape index (κ2) is 10.6. The van der Waals surface area contributed by atoms with Crippen LogP contribution in [0, 0.1) is 11.7 Å². The number of benzene rings is 2. The van der Waals surface area contributed by atoms with Gasteiger partial charge in [-0.05, 0) is 49.1 Å². The smallest absolute Gasteiger partial charge is 0.256 e. The van der Waals surface area contributed by atoms with Crippen molar-refractivity contribution in [2.24, 2.45) is 5.92 Å². The molecule has 1 aliphatic rings. The van der Waals surface area contributed by atoms with Crippen LogP contribution >= 0.6 is 23.4 Å². The Balaban J connectivity index is 1.55. The Labute approximate surface area is 179 Å². The van der Waals surface area contributed by atoms with Crippen LogP contribution in [0.5, 0.6) is 0 Å². The summed E-state index contributed by atoms with van der Waals surface area (Å²) in [7, 11) is 0. The van der Waals surface area contributed by atoms with E-state index in [4.69, 9.17) is 11.6 Å². The molecule has 0 aromatic heterocycles. The molecule has 0 heterocycles. The van der Waals surface area contributed by atoms with Gasteiger partial charge in [0.1, 0.15) is 5.82 Å². The third kappa shape index (κ3) is 6.47. The number of carbonyl (C=O) groups excluding carboxylic acids is 2. The second-order valence-electron chi connectivity index (χ2n) is 7.18. The lowest BCUT2D eigenvalue weighted by atomic mass is 9.89. The molecule has 2 aromatic rings. The van der Waals surface area contributed by atoms with E-state index in [1.807, 2.05) is 6.07 Å². The van der Waals surface area contributed by atoms with Gasteiger partial charge in [-0.2, -0.15) is 0 Å². The van der Waals surface area contributed by atoms with Crippen molar-refractivity contribution in [1.82, 2.24) is 5.32 Å². The summed E-state index contributed by atoms with van der Waals surface area (Å²) in [5, 5.41) is 5.68. The predicted molar refractivity (Wildman–Crippen MR) is 116 cm³/mol. The molecule has 0 saturated heterocycles. The number of amides is 2. The van der Waals surface area contributed by atoms with Crippen LogP contribution in [0.2, 0.25) is 5.02 Å². The van der Waals surface area contributed by atoms with Gasteiger partial charge in [-0.25, -0.2) is 4.39 Å². The zero-order chi connectivity index (χ0) is 20.6. The highest BCUT2D eigenvalue weighted by Gasteiger charge is 2.16. The minimum Gasteiger partial charge on any atom is -0.355 e. The van der Waals surface area contributed by atoms with Gasteiger partial charge in [0.25, 0.3) is 5.91 Å². The maximum absolute atomic E-state index is 13.6. The van der Waals surface area contributed by atoms with Crippen molar-refractivity contribution in [3.8, 4) is 0 Å². The molecule has 154 valence electrons. The molecule has 0 aliphatic heterocycles. The van der Waals surface area contributed by atoms with E-state index in [-0.39, 0.29) is 22.6 Å². The molecule has 0 unspecified atom stereocenters. The van der Waals surface area contributed by atoms with Crippen LogP contribution in [0.3, 0.4) is 0 Å². The van der Waals surface area contributed by atoms with Crippen molar-refractivity contribution < 1.29 is 14.0 Å². The molecule has 2 aromatic carbocycles. The molecule has 29 heavy (non-hydrogen) atoms. The van der Waals surface area contributed by atoms with Crippen LogP contribution in [0.4, 0.5) is 10.1 Å². The van der Waals surface area contributed by atoms with Crippen LogP contribution < -0.4 is 10.6 Å². The highest BCUT2D eigenvalue weighted by atomic mass is 35.5. The zero-order valence-corrected chi connectivity index (χ0v) is 17.6. The molecule has 0 spiro atoms. The zero-order valence-electron chi connectivity index (χ0n) is 16.0. The number of anilines is 1. The van der Waals surface area contributed by atoms with Crippen molar-refractivity contribution in [3.63, 3.8) is 0 Å². The molecule has 7 heteroatoms. The molecule has 3 rings (SSSR count). The summed E-state index contributed by atoms with van der Waals surface area (Å²) in [4.78, 5) is 25.5. The second-order valence-corrected chi connectivity index (χ2v) is 8.60. The van der Waals surface area contributed by atoms with Gasteiger partial charge in [0.05, 0.1) is 16.3 Å². The highest BCUT2D eigenvalue weighted by Crippen LogP contribution is 2.25. The van der Waals surface area contributed by atoms with E-state index >= 15 is 0 Å². The monoisotopic (exact) mass is 434 g/mol. The molecular weight excluding hydrogens is 411 g/mol. The molecule has 2 N–H and O–H groups in total. The Morgan fingerprint density at radius 3 is 2.62 bits per heavy atom. The number of hydrogen-bond donors (Lipinski definition) is 2. The Kier molecular flexibility index (Phi) is 7.95. The molecule has 1 saturated carbocycles. The number of nitrogens with one attached hydrogen (secondary N) is 2. The summed E-state index contributed by atoms with van der Waals surface area (Å²) in [6.45, 7) is 0.726. The van der Waals surface area contributed by atoms with Gasteiger partial charge >= 0.3 is 0 Å². The van der Waals surface area contributed by atoms with Crippen LogP contribution in [-0.4, -0.2) is 24.1 Å². The molecule has 0 bridgehead atoms. The Morgan fingerprint density at radius 2 is 1.86 bits per heavy atom. The topological polar surface area (TPSA) is 58.2 Å². The first-order chi connectivity index (χ1) is 14.0. The van der Waals surface area contributed by atoms with Crippen molar-refractivity contribution >= 4 is 40.9 Å². The van der Waals surface area contributed by atoms with Crippen molar-refractivity contribution in [2.75, 3.05) is 17.6 Å². The van der Waals surface area contributed by atoms with E-state index in [0.29, 0.717) is 22.1 Å². The maximum atomic E-state index is 13.6. The third-order valence-corrected chi connectivity index (χ3v) is 6.36. The Morgan fingerprint density at radius 1 is 1.10 bits per heavy atom. The molecule has 1 aliphatic carbocycles. The lowest BCUT2D eigenvalue weighted by molar-refractivity contribution is -0.118. The molecule has 1 fully saturated rings. The number of halogens is 2. The molecular formula is C22H24ClFN2O2S. The first-order valence-electron chi connectivity index (χ1n) is 9.78.